The third kappa shape index (κ3) is 6.42. The van der Waals surface area contributed by atoms with E-state index in [0.29, 0.717) is 0 Å². The second-order valence-electron chi connectivity index (χ2n) is 12.9. The second-order valence-corrected chi connectivity index (χ2v) is 12.9. The molecule has 0 spiro atoms. The first-order chi connectivity index (χ1) is 20.1. The molecule has 0 aliphatic carbocycles. The van der Waals surface area contributed by atoms with E-state index in [1.165, 1.54) is 0 Å². The summed E-state index contributed by atoms with van der Waals surface area (Å²) in [5.74, 6) is -1.07. The lowest BCUT2D eigenvalue weighted by molar-refractivity contribution is 0.183. The molecule has 0 saturated heterocycles. The van der Waals surface area contributed by atoms with Gasteiger partial charge in [-0.25, -0.2) is 0 Å². The lowest BCUT2D eigenvalue weighted by Gasteiger charge is -2.25. The number of hydrogen-bond donors (Lipinski definition) is 0. The SMILES string of the molecule is Cc1cc(C)c(B(C(=O)OC(=O)B(c2c(C)cc(C)cc2C)c2c(C)cc(C)cc2C)c2c(C)cc(C)cc2C)c(C)c1. The van der Waals surface area contributed by atoms with E-state index >= 15 is 0 Å². The van der Waals surface area contributed by atoms with Crippen LogP contribution in [-0.2, 0) is 4.74 Å². The Hall–Kier alpha value is -3.85. The van der Waals surface area contributed by atoms with Gasteiger partial charge < -0.3 is 4.74 Å². The summed E-state index contributed by atoms with van der Waals surface area (Å²) >= 11 is 0. The van der Waals surface area contributed by atoms with Gasteiger partial charge in [-0.2, -0.15) is 0 Å². The Labute approximate surface area is 259 Å². The highest BCUT2D eigenvalue weighted by atomic mass is 16.6. The van der Waals surface area contributed by atoms with Crippen LogP contribution in [-0.4, -0.2) is 25.2 Å². The van der Waals surface area contributed by atoms with E-state index in [1.807, 2.05) is 55.4 Å². The van der Waals surface area contributed by atoms with Gasteiger partial charge in [0.05, 0.1) is 0 Å². The Morgan fingerprint density at radius 1 is 0.372 bits per heavy atom. The van der Waals surface area contributed by atoms with Gasteiger partial charge in [-0.3, -0.25) is 9.59 Å². The van der Waals surface area contributed by atoms with Gasteiger partial charge >= 0.3 is 13.4 Å². The van der Waals surface area contributed by atoms with Gasteiger partial charge in [0, 0.05) is 0 Å². The Morgan fingerprint density at radius 3 is 0.698 bits per heavy atom. The molecule has 0 aliphatic heterocycles. The van der Waals surface area contributed by atoms with Crippen LogP contribution in [0.25, 0.3) is 0 Å². The highest BCUT2D eigenvalue weighted by Crippen LogP contribution is 2.17. The van der Waals surface area contributed by atoms with Crippen LogP contribution in [0, 0.1) is 83.1 Å². The van der Waals surface area contributed by atoms with Gasteiger partial charge in [0.2, 0.25) is 0 Å². The van der Waals surface area contributed by atoms with Crippen LogP contribution in [0.1, 0.15) is 66.8 Å². The molecule has 0 aliphatic rings. The van der Waals surface area contributed by atoms with E-state index in [-0.39, 0.29) is 0 Å². The van der Waals surface area contributed by atoms with Crippen LogP contribution in [0.2, 0.25) is 0 Å². The number of rotatable bonds is 6. The first-order valence-corrected chi connectivity index (χ1v) is 15.2. The summed E-state index contributed by atoms with van der Waals surface area (Å²) in [5.41, 5.74) is 16.2. The molecule has 0 bridgehead atoms. The fourth-order valence-electron chi connectivity index (χ4n) is 7.56. The summed E-state index contributed by atoms with van der Waals surface area (Å²) in [6.45, 7) is 23.1. The molecule has 0 radical (unpaired) electrons. The second kappa shape index (κ2) is 12.4. The summed E-state index contributed by atoms with van der Waals surface area (Å²) in [7, 11) is 0. The van der Waals surface area contributed by atoms with Crippen LogP contribution >= 0.6 is 0 Å². The maximum absolute atomic E-state index is 14.5. The fraction of sp³-hybridized carbons (Fsp3) is 0.316. The number of carbonyl (C=O) groups is 2. The molecule has 0 unspecified atom stereocenters. The first kappa shape index (κ1) is 32.1. The average Bonchev–Trinajstić information content (AvgIpc) is 2.84. The van der Waals surface area contributed by atoms with Gasteiger partial charge in [-0.05, 0) is 83.1 Å². The smallest absolute Gasteiger partial charge is 0.344 e. The highest BCUT2D eigenvalue weighted by Gasteiger charge is 2.41. The Kier molecular flexibility index (Phi) is 9.25. The molecular weight excluding hydrogens is 526 g/mol. The monoisotopic (exact) mass is 570 g/mol. The summed E-state index contributed by atoms with van der Waals surface area (Å²) in [6.07, 6.45) is 0. The van der Waals surface area contributed by atoms with Crippen molar-refractivity contribution in [3.63, 3.8) is 0 Å². The van der Waals surface area contributed by atoms with Crippen molar-refractivity contribution in [3.8, 4) is 0 Å². The van der Waals surface area contributed by atoms with Crippen molar-refractivity contribution in [2.75, 3.05) is 0 Å². The number of ether oxygens (including phenoxy) is 1. The molecule has 4 rings (SSSR count). The fourth-order valence-corrected chi connectivity index (χ4v) is 7.56. The lowest BCUT2D eigenvalue weighted by atomic mass is 9.36. The van der Waals surface area contributed by atoms with E-state index in [0.717, 1.165) is 88.6 Å². The Morgan fingerprint density at radius 2 is 0.535 bits per heavy atom. The van der Waals surface area contributed by atoms with Gasteiger partial charge in [0.15, 0.2) is 0 Å². The van der Waals surface area contributed by atoms with Crippen LogP contribution in [0.15, 0.2) is 48.5 Å². The van der Waals surface area contributed by atoms with Crippen LogP contribution in [0.4, 0.5) is 9.59 Å². The molecular formula is C38H44B2O3. The van der Waals surface area contributed by atoms with Crippen molar-refractivity contribution in [3.05, 3.63) is 115 Å². The van der Waals surface area contributed by atoms with Gasteiger partial charge in [0.25, 0.3) is 11.7 Å². The number of hydrogen-bond acceptors (Lipinski definition) is 3. The van der Waals surface area contributed by atoms with Crippen molar-refractivity contribution in [1.29, 1.82) is 0 Å². The van der Waals surface area contributed by atoms with E-state index in [9.17, 15) is 9.59 Å². The maximum Gasteiger partial charge on any atom is 0.344 e. The molecule has 0 fully saturated rings. The first-order valence-electron chi connectivity index (χ1n) is 15.2. The number of aryl methyl sites for hydroxylation is 12. The lowest BCUT2D eigenvalue weighted by Crippen LogP contribution is -2.58. The molecule has 43 heavy (non-hydrogen) atoms. The molecule has 0 heterocycles. The zero-order valence-corrected chi connectivity index (χ0v) is 28.0. The molecule has 4 aromatic carbocycles. The van der Waals surface area contributed by atoms with E-state index in [1.54, 1.807) is 0 Å². The average molecular weight is 570 g/mol. The minimum atomic E-state index is -0.730. The van der Waals surface area contributed by atoms with Crippen LogP contribution in [0.3, 0.4) is 0 Å². The molecule has 5 heteroatoms. The Bertz CT molecular complexity index is 1430. The summed E-state index contributed by atoms with van der Waals surface area (Å²) in [6, 6.07) is 16.8. The summed E-state index contributed by atoms with van der Waals surface area (Å²) in [5, 5.41) is 0. The molecule has 220 valence electrons. The minimum absolute atomic E-state index is 0.537. The maximum atomic E-state index is 14.5. The minimum Gasteiger partial charge on any atom is -0.409 e. The van der Waals surface area contributed by atoms with Crippen molar-refractivity contribution >= 4 is 47.0 Å². The van der Waals surface area contributed by atoms with Gasteiger partial charge in [0.1, 0.15) is 0 Å². The predicted octanol–water partition coefficient (Wildman–Crippen LogP) is 6.73. The highest BCUT2D eigenvalue weighted by molar-refractivity contribution is 7.11. The molecule has 0 N–H and O–H groups in total. The van der Waals surface area contributed by atoms with Crippen molar-refractivity contribution in [2.45, 2.75) is 83.1 Å². The van der Waals surface area contributed by atoms with E-state index < -0.39 is 25.2 Å². The zero-order valence-electron chi connectivity index (χ0n) is 28.0. The molecule has 0 saturated carbocycles. The molecule has 3 nitrogen and oxygen atoms in total. The molecule has 0 amide bonds. The standard InChI is InChI=1S/C38H44B2O3/c1-21-13-25(5)33(26(6)14-21)39(34-27(7)15-22(2)16-28(34)8)37(41)43-38(42)40(35-29(9)17-23(3)18-30(35)10)36-31(11)19-24(4)20-32(36)12/h13-20H,1-12H3. The molecule has 0 atom stereocenters. The van der Waals surface area contributed by atoms with Gasteiger partial charge in [-0.15, -0.1) is 0 Å². The predicted molar refractivity (Wildman–Crippen MR) is 185 cm³/mol. The van der Waals surface area contributed by atoms with Crippen molar-refractivity contribution in [1.82, 2.24) is 0 Å². The molecule has 4 aromatic rings. The quantitative estimate of drug-likeness (QED) is 0.191. The summed E-state index contributed by atoms with van der Waals surface area (Å²) in [4.78, 5) is 29.0. The zero-order chi connectivity index (χ0) is 31.9. The largest absolute Gasteiger partial charge is 0.409 e. The van der Waals surface area contributed by atoms with Crippen LogP contribution < -0.4 is 21.9 Å². The third-order valence-electron chi connectivity index (χ3n) is 8.78. The van der Waals surface area contributed by atoms with Crippen molar-refractivity contribution < 1.29 is 14.3 Å². The third-order valence-corrected chi connectivity index (χ3v) is 8.78. The van der Waals surface area contributed by atoms with Gasteiger partial charge in [-0.1, -0.05) is 137 Å². The number of benzene rings is 4. The molecule has 0 aromatic heterocycles. The number of carbonyl (C=O) groups excluding carboxylic acids is 2. The van der Waals surface area contributed by atoms with Crippen molar-refractivity contribution in [2.24, 2.45) is 0 Å². The van der Waals surface area contributed by atoms with Crippen LogP contribution in [0.5, 0.6) is 0 Å². The normalized spacial score (nSPS) is 11.0. The topological polar surface area (TPSA) is 43.4 Å². The van der Waals surface area contributed by atoms with E-state index in [4.69, 9.17) is 4.74 Å². The summed E-state index contributed by atoms with van der Waals surface area (Å²) < 4.78 is 6.08. The van der Waals surface area contributed by atoms with E-state index in [2.05, 4.69) is 76.2 Å². The Balaban J connectivity index is 1.92.